The van der Waals surface area contributed by atoms with E-state index in [1.54, 1.807) is 0 Å². The molecule has 0 amide bonds. The molecule has 0 aliphatic rings. The average Bonchev–Trinajstić information content (AvgIpc) is 3.40. The molecule has 32 heavy (non-hydrogen) atoms. The van der Waals surface area contributed by atoms with Gasteiger partial charge in [0.05, 0.1) is 16.6 Å². The highest BCUT2D eigenvalue weighted by molar-refractivity contribution is 5.98. The highest BCUT2D eigenvalue weighted by Crippen LogP contribution is 2.37. The van der Waals surface area contributed by atoms with Gasteiger partial charge in [-0.05, 0) is 23.6 Å². The van der Waals surface area contributed by atoms with Crippen LogP contribution in [0.5, 0.6) is 0 Å². The number of benzene rings is 3. The monoisotopic (exact) mass is 410 g/mol. The predicted molar refractivity (Wildman–Crippen MR) is 130 cm³/mol. The number of hydrogen-bond donors (Lipinski definition) is 0. The quantitative estimate of drug-likeness (QED) is 0.321. The van der Waals surface area contributed by atoms with Crippen molar-refractivity contribution in [2.24, 2.45) is 0 Å². The molecule has 0 aliphatic heterocycles. The van der Waals surface area contributed by atoms with Crippen molar-refractivity contribution in [3.05, 3.63) is 109 Å². The Balaban J connectivity index is 1.57. The van der Waals surface area contributed by atoms with Crippen molar-refractivity contribution in [1.82, 2.24) is 19.2 Å². The number of hydrogen-bond acceptors (Lipinski definition) is 2. The maximum atomic E-state index is 5.02. The van der Waals surface area contributed by atoms with Crippen LogP contribution in [-0.2, 0) is 0 Å². The van der Waals surface area contributed by atoms with Gasteiger partial charge in [0.15, 0.2) is 0 Å². The first kappa shape index (κ1) is 17.3. The summed E-state index contributed by atoms with van der Waals surface area (Å²) in [5, 5.41) is 13.4. The van der Waals surface area contributed by atoms with E-state index in [4.69, 9.17) is 10.2 Å². The van der Waals surface area contributed by atoms with E-state index < -0.39 is 0 Å². The van der Waals surface area contributed by atoms with Gasteiger partial charge in [0.2, 0.25) is 0 Å². The van der Waals surface area contributed by atoms with Gasteiger partial charge in [-0.25, -0.2) is 9.03 Å². The van der Waals surface area contributed by atoms with E-state index in [0.29, 0.717) is 0 Å². The van der Waals surface area contributed by atoms with Crippen LogP contribution in [0.3, 0.4) is 0 Å². The minimum atomic E-state index is 0.969. The number of nitrogens with zero attached hydrogens (tertiary/aromatic N) is 4. The molecule has 0 unspecified atom stereocenters. The van der Waals surface area contributed by atoms with Crippen LogP contribution in [0.2, 0.25) is 0 Å². The van der Waals surface area contributed by atoms with Gasteiger partial charge < -0.3 is 0 Å². The molecule has 4 heteroatoms. The van der Waals surface area contributed by atoms with Crippen LogP contribution >= 0.6 is 0 Å². The summed E-state index contributed by atoms with van der Waals surface area (Å²) >= 11 is 0. The van der Waals surface area contributed by atoms with Gasteiger partial charge in [-0.15, -0.1) is 0 Å². The summed E-state index contributed by atoms with van der Waals surface area (Å²) in [4.78, 5) is 0. The lowest BCUT2D eigenvalue weighted by molar-refractivity contribution is 0.974. The molecule has 7 rings (SSSR count). The van der Waals surface area contributed by atoms with E-state index in [1.165, 1.54) is 10.8 Å². The molecular formula is C28H18N4. The Morgan fingerprint density at radius 3 is 2.19 bits per heavy atom. The zero-order valence-electron chi connectivity index (χ0n) is 17.2. The Bertz CT molecular complexity index is 1770. The average molecular weight is 410 g/mol. The van der Waals surface area contributed by atoms with Gasteiger partial charge in [-0.2, -0.15) is 10.2 Å². The Kier molecular flexibility index (Phi) is 3.52. The summed E-state index contributed by atoms with van der Waals surface area (Å²) in [7, 11) is 0. The van der Waals surface area contributed by atoms with E-state index in [0.717, 1.165) is 44.3 Å². The Morgan fingerprint density at radius 2 is 1.28 bits per heavy atom. The Hall–Kier alpha value is -4.44. The second kappa shape index (κ2) is 6.53. The lowest BCUT2D eigenvalue weighted by Crippen LogP contribution is -1.90. The molecule has 0 aliphatic carbocycles. The fourth-order valence-corrected chi connectivity index (χ4v) is 4.63. The maximum absolute atomic E-state index is 5.02. The zero-order valence-corrected chi connectivity index (χ0v) is 17.2. The van der Waals surface area contributed by atoms with E-state index >= 15 is 0 Å². The van der Waals surface area contributed by atoms with Gasteiger partial charge in [-0.1, -0.05) is 78.9 Å². The van der Waals surface area contributed by atoms with E-state index in [-0.39, 0.29) is 0 Å². The van der Waals surface area contributed by atoms with Crippen LogP contribution < -0.4 is 0 Å². The first-order valence-electron chi connectivity index (χ1n) is 10.7. The van der Waals surface area contributed by atoms with Gasteiger partial charge in [0.25, 0.3) is 0 Å². The number of pyridine rings is 2. The second-order valence-corrected chi connectivity index (χ2v) is 8.09. The molecule has 0 fully saturated rings. The Labute approximate surface area is 184 Å². The molecule has 7 aromatic rings. The molecule has 0 radical (unpaired) electrons. The summed E-state index contributed by atoms with van der Waals surface area (Å²) in [6.07, 6.45) is 4.23. The largest absolute Gasteiger partial charge is 0.239 e. The fraction of sp³-hybridized carbons (Fsp3) is 0. The van der Waals surface area contributed by atoms with E-state index in [1.807, 2.05) is 21.2 Å². The summed E-state index contributed by atoms with van der Waals surface area (Å²) < 4.78 is 3.99. The van der Waals surface area contributed by atoms with Crippen molar-refractivity contribution in [3.63, 3.8) is 0 Å². The van der Waals surface area contributed by atoms with Crippen LogP contribution in [-0.4, -0.2) is 19.2 Å². The van der Waals surface area contributed by atoms with E-state index in [2.05, 4.69) is 97.3 Å². The highest BCUT2D eigenvalue weighted by Gasteiger charge is 2.18. The third-order valence-electron chi connectivity index (χ3n) is 6.16. The minimum Gasteiger partial charge on any atom is -0.239 e. The first-order chi connectivity index (χ1) is 15.8. The zero-order chi connectivity index (χ0) is 21.1. The van der Waals surface area contributed by atoms with Crippen LogP contribution in [0.4, 0.5) is 0 Å². The molecule has 0 N–H and O–H groups in total. The van der Waals surface area contributed by atoms with Gasteiger partial charge >= 0.3 is 0 Å². The normalized spacial score (nSPS) is 11.8. The third kappa shape index (κ3) is 2.50. The molecule has 3 aromatic carbocycles. The Morgan fingerprint density at radius 1 is 0.531 bits per heavy atom. The molecular weight excluding hydrogens is 392 g/mol. The molecule has 4 heterocycles. The molecule has 0 bridgehead atoms. The van der Waals surface area contributed by atoms with Crippen molar-refractivity contribution in [3.8, 4) is 22.4 Å². The standard InChI is InChI=1S/C28H18N4/c1-2-8-19(9-3-1)28-27(26-16-20-10-4-5-11-21(20)17-32(26)30-28)22-14-15-25-23-12-6-7-13-24(23)29-31(25)18-22/h1-18H. The fourth-order valence-electron chi connectivity index (χ4n) is 4.63. The molecule has 0 saturated heterocycles. The second-order valence-electron chi connectivity index (χ2n) is 8.09. The number of fused-ring (bicyclic) bond motifs is 5. The van der Waals surface area contributed by atoms with Crippen molar-refractivity contribution in [2.75, 3.05) is 0 Å². The van der Waals surface area contributed by atoms with Crippen LogP contribution in [0.1, 0.15) is 0 Å². The molecule has 4 nitrogen and oxygen atoms in total. The summed E-state index contributed by atoms with van der Waals surface area (Å²) in [5.74, 6) is 0. The third-order valence-corrected chi connectivity index (χ3v) is 6.16. The molecule has 150 valence electrons. The number of aromatic nitrogens is 4. The summed E-state index contributed by atoms with van der Waals surface area (Å²) in [6.45, 7) is 0. The smallest absolute Gasteiger partial charge is 0.101 e. The maximum Gasteiger partial charge on any atom is 0.101 e. The highest BCUT2D eigenvalue weighted by atomic mass is 15.2. The molecule has 0 saturated carbocycles. The molecule has 0 spiro atoms. The minimum absolute atomic E-state index is 0.969. The lowest BCUT2D eigenvalue weighted by Gasteiger charge is -2.06. The van der Waals surface area contributed by atoms with Crippen molar-refractivity contribution in [2.45, 2.75) is 0 Å². The van der Waals surface area contributed by atoms with Crippen molar-refractivity contribution >= 4 is 32.7 Å². The number of rotatable bonds is 2. The molecule has 0 atom stereocenters. The van der Waals surface area contributed by atoms with Gasteiger partial charge in [0.1, 0.15) is 5.69 Å². The summed E-state index contributed by atoms with van der Waals surface area (Å²) in [6, 6.07) is 33.6. The van der Waals surface area contributed by atoms with Crippen LogP contribution in [0.25, 0.3) is 55.1 Å². The van der Waals surface area contributed by atoms with Crippen LogP contribution in [0.15, 0.2) is 109 Å². The van der Waals surface area contributed by atoms with Gasteiger partial charge in [0, 0.05) is 39.9 Å². The topological polar surface area (TPSA) is 34.6 Å². The van der Waals surface area contributed by atoms with Gasteiger partial charge in [-0.3, -0.25) is 0 Å². The summed E-state index contributed by atoms with van der Waals surface area (Å²) in [5.41, 5.74) is 7.46. The predicted octanol–water partition coefficient (Wildman–Crippen LogP) is 6.62. The van der Waals surface area contributed by atoms with Crippen molar-refractivity contribution < 1.29 is 0 Å². The van der Waals surface area contributed by atoms with Crippen molar-refractivity contribution in [1.29, 1.82) is 0 Å². The van der Waals surface area contributed by atoms with Crippen LogP contribution in [0, 0.1) is 0 Å². The molecule has 4 aromatic heterocycles. The first-order valence-corrected chi connectivity index (χ1v) is 10.7. The lowest BCUT2D eigenvalue weighted by atomic mass is 10.00. The van der Waals surface area contributed by atoms with E-state index in [9.17, 15) is 0 Å². The SMILES string of the molecule is c1ccc(-c2nn3cc4ccccc4cc3c2-c2ccc3c4ccccc4nn3c2)cc1.